The van der Waals surface area contributed by atoms with E-state index in [0.717, 1.165) is 0 Å². The van der Waals surface area contributed by atoms with Gasteiger partial charge in [0.15, 0.2) is 0 Å². The van der Waals surface area contributed by atoms with E-state index in [4.69, 9.17) is 10.5 Å². The summed E-state index contributed by atoms with van der Waals surface area (Å²) in [6.45, 7) is 6.27. The van der Waals surface area contributed by atoms with Crippen LogP contribution in [-0.2, 0) is 9.53 Å². The molecule has 1 aromatic carbocycles. The minimum absolute atomic E-state index is 0.0643. The van der Waals surface area contributed by atoms with Crippen LogP contribution in [0.5, 0.6) is 0 Å². The van der Waals surface area contributed by atoms with E-state index in [-0.39, 0.29) is 17.7 Å². The van der Waals surface area contributed by atoms with E-state index in [9.17, 15) is 9.18 Å². The van der Waals surface area contributed by atoms with Crippen molar-refractivity contribution in [1.29, 1.82) is 0 Å². The third-order valence-corrected chi connectivity index (χ3v) is 4.90. The molecule has 1 aromatic rings. The number of benzene rings is 1. The van der Waals surface area contributed by atoms with Gasteiger partial charge in [0.25, 0.3) is 0 Å². The molecule has 1 saturated carbocycles. The van der Waals surface area contributed by atoms with Crippen molar-refractivity contribution < 1.29 is 13.9 Å². The van der Waals surface area contributed by atoms with Crippen LogP contribution in [0.15, 0.2) is 22.7 Å². The van der Waals surface area contributed by atoms with Crippen molar-refractivity contribution in [3.05, 3.63) is 28.5 Å². The molecule has 2 rings (SSSR count). The Morgan fingerprint density at radius 2 is 2.24 bits per heavy atom. The van der Waals surface area contributed by atoms with Gasteiger partial charge < -0.3 is 15.8 Å². The van der Waals surface area contributed by atoms with Crippen molar-refractivity contribution in [2.75, 3.05) is 11.9 Å². The van der Waals surface area contributed by atoms with Crippen LogP contribution in [0.25, 0.3) is 0 Å². The molecule has 2 unspecified atom stereocenters. The molecule has 0 aliphatic heterocycles. The Morgan fingerprint density at radius 1 is 1.57 bits per heavy atom. The fraction of sp³-hybridized carbons (Fsp3) is 0.533. The molecule has 0 saturated heterocycles. The zero-order valence-corrected chi connectivity index (χ0v) is 14.0. The second-order valence-corrected chi connectivity index (χ2v) is 6.84. The summed E-state index contributed by atoms with van der Waals surface area (Å²) in [6, 6.07) is 4.38. The summed E-state index contributed by atoms with van der Waals surface area (Å²) in [5.41, 5.74) is 4.80. The topological polar surface area (TPSA) is 64.3 Å². The van der Waals surface area contributed by atoms with Gasteiger partial charge in [0.2, 0.25) is 5.91 Å². The van der Waals surface area contributed by atoms with Gasteiger partial charge in [0, 0.05) is 22.9 Å². The van der Waals surface area contributed by atoms with Gasteiger partial charge in [0.1, 0.15) is 11.4 Å². The van der Waals surface area contributed by atoms with Gasteiger partial charge >= 0.3 is 0 Å². The highest BCUT2D eigenvalue weighted by molar-refractivity contribution is 9.10. The molecule has 0 bridgehead atoms. The van der Waals surface area contributed by atoms with E-state index < -0.39 is 16.8 Å². The number of anilines is 1. The zero-order valence-electron chi connectivity index (χ0n) is 12.4. The molecule has 2 atom stereocenters. The Kier molecular flexibility index (Phi) is 4.42. The Morgan fingerprint density at radius 3 is 2.81 bits per heavy atom. The van der Waals surface area contributed by atoms with Crippen molar-refractivity contribution in [2.24, 2.45) is 11.1 Å². The smallest absolute Gasteiger partial charge is 0.245 e. The molecule has 116 valence electrons. The third-order valence-electron chi connectivity index (χ3n) is 4.41. The van der Waals surface area contributed by atoms with E-state index in [2.05, 4.69) is 21.2 Å². The van der Waals surface area contributed by atoms with Gasteiger partial charge in [0.05, 0.1) is 11.8 Å². The number of carbonyl (C=O) groups excluding carboxylic acids is 1. The molecule has 6 heteroatoms. The Hall–Kier alpha value is -0.980. The summed E-state index contributed by atoms with van der Waals surface area (Å²) in [4.78, 5) is 12.5. The summed E-state index contributed by atoms with van der Waals surface area (Å²) in [5.74, 6) is -0.880. The minimum Gasteiger partial charge on any atom is -0.378 e. The molecule has 1 amide bonds. The number of halogens is 2. The normalized spacial score (nSPS) is 27.0. The molecule has 1 fully saturated rings. The van der Waals surface area contributed by atoms with Crippen LogP contribution in [0.4, 0.5) is 10.1 Å². The number of carbonyl (C=O) groups is 1. The molecule has 3 N–H and O–H groups in total. The highest BCUT2D eigenvalue weighted by Gasteiger charge is 2.62. The quantitative estimate of drug-likeness (QED) is 0.869. The van der Waals surface area contributed by atoms with E-state index in [0.29, 0.717) is 17.5 Å². The van der Waals surface area contributed by atoms with Gasteiger partial charge in [-0.15, -0.1) is 0 Å². The summed E-state index contributed by atoms with van der Waals surface area (Å²) in [6.07, 6.45) is 0.362. The number of hydrogen-bond acceptors (Lipinski definition) is 3. The number of rotatable bonds is 4. The van der Waals surface area contributed by atoms with Gasteiger partial charge in [-0.2, -0.15) is 0 Å². The lowest BCUT2D eigenvalue weighted by Gasteiger charge is -2.57. The van der Waals surface area contributed by atoms with Gasteiger partial charge in [-0.05, 0) is 25.1 Å². The number of ether oxygens (including phenoxy) is 1. The maximum Gasteiger partial charge on any atom is 0.245 e. The minimum atomic E-state index is -1.07. The predicted octanol–water partition coefficient (Wildman–Crippen LogP) is 3.06. The van der Waals surface area contributed by atoms with Crippen molar-refractivity contribution in [3.8, 4) is 0 Å². The molecule has 0 heterocycles. The van der Waals surface area contributed by atoms with Crippen molar-refractivity contribution >= 4 is 27.5 Å². The average molecular weight is 359 g/mol. The Bertz CT molecular complexity index is 565. The first-order valence-electron chi connectivity index (χ1n) is 6.89. The first-order valence-corrected chi connectivity index (χ1v) is 7.68. The van der Waals surface area contributed by atoms with Crippen LogP contribution in [0.1, 0.15) is 27.2 Å². The number of hydrogen-bond donors (Lipinski definition) is 2. The van der Waals surface area contributed by atoms with Crippen LogP contribution in [-0.4, -0.2) is 24.2 Å². The van der Waals surface area contributed by atoms with E-state index in [1.165, 1.54) is 12.1 Å². The fourth-order valence-corrected chi connectivity index (χ4v) is 3.01. The summed E-state index contributed by atoms with van der Waals surface area (Å²) < 4.78 is 20.0. The van der Waals surface area contributed by atoms with E-state index >= 15 is 0 Å². The summed E-state index contributed by atoms with van der Waals surface area (Å²) in [7, 11) is 0. The number of nitrogens with one attached hydrogen (secondary N) is 1. The largest absolute Gasteiger partial charge is 0.378 e. The van der Waals surface area contributed by atoms with Crippen LogP contribution in [0.3, 0.4) is 0 Å². The number of nitrogens with two attached hydrogens (primary N) is 1. The van der Waals surface area contributed by atoms with Crippen LogP contribution >= 0.6 is 15.9 Å². The van der Waals surface area contributed by atoms with Crippen LogP contribution in [0, 0.1) is 11.2 Å². The third kappa shape index (κ3) is 2.72. The van der Waals surface area contributed by atoms with E-state index in [1.807, 2.05) is 20.8 Å². The van der Waals surface area contributed by atoms with Gasteiger partial charge in [-0.3, -0.25) is 4.79 Å². The predicted molar refractivity (Wildman–Crippen MR) is 83.5 cm³/mol. The summed E-state index contributed by atoms with van der Waals surface area (Å²) >= 11 is 3.25. The second-order valence-electron chi connectivity index (χ2n) is 5.92. The first-order chi connectivity index (χ1) is 9.72. The molecule has 0 aromatic heterocycles. The van der Waals surface area contributed by atoms with Gasteiger partial charge in [-0.25, -0.2) is 4.39 Å². The fourth-order valence-electron chi connectivity index (χ4n) is 2.65. The lowest BCUT2D eigenvalue weighted by molar-refractivity contribution is -0.166. The average Bonchev–Trinajstić information content (AvgIpc) is 2.42. The molecule has 21 heavy (non-hydrogen) atoms. The van der Waals surface area contributed by atoms with Crippen molar-refractivity contribution in [2.45, 2.75) is 38.8 Å². The van der Waals surface area contributed by atoms with Gasteiger partial charge in [-0.1, -0.05) is 29.8 Å². The Labute approximate surface area is 132 Å². The highest BCUT2D eigenvalue weighted by atomic mass is 79.9. The second kappa shape index (κ2) is 5.66. The molecule has 0 radical (unpaired) electrons. The SMILES string of the molecule is CCOC1CC(N)(C(=O)Nc2cc(Br)ccc2F)C1(C)C. The first kappa shape index (κ1) is 16.4. The standard InChI is InChI=1S/C15H20BrFN2O2/c1-4-21-12-8-15(18,14(12,2)3)13(20)19-11-7-9(16)5-6-10(11)17/h5-7,12H,4,8,18H2,1-3H3,(H,19,20). The van der Waals surface area contributed by atoms with Crippen molar-refractivity contribution in [1.82, 2.24) is 0 Å². The molecule has 1 aliphatic carbocycles. The lowest BCUT2D eigenvalue weighted by Crippen LogP contribution is -2.74. The Balaban J connectivity index is 2.16. The van der Waals surface area contributed by atoms with Crippen LogP contribution < -0.4 is 11.1 Å². The molecular weight excluding hydrogens is 339 g/mol. The van der Waals surface area contributed by atoms with Crippen molar-refractivity contribution in [3.63, 3.8) is 0 Å². The monoisotopic (exact) mass is 358 g/mol. The molecular formula is C15H20BrFN2O2. The maximum atomic E-state index is 13.7. The summed E-state index contributed by atoms with van der Waals surface area (Å²) in [5, 5.41) is 2.59. The zero-order chi connectivity index (χ0) is 15.8. The van der Waals surface area contributed by atoms with Crippen LogP contribution in [0.2, 0.25) is 0 Å². The molecule has 4 nitrogen and oxygen atoms in total. The number of amides is 1. The lowest BCUT2D eigenvalue weighted by atomic mass is 9.54. The highest BCUT2D eigenvalue weighted by Crippen LogP contribution is 2.50. The molecule has 1 aliphatic rings. The maximum absolute atomic E-state index is 13.7. The molecule has 0 spiro atoms. The van der Waals surface area contributed by atoms with E-state index in [1.54, 1.807) is 6.07 Å².